The van der Waals surface area contributed by atoms with Crippen LogP contribution in [-0.2, 0) is 7.05 Å². The molecule has 1 aromatic heterocycles. The van der Waals surface area contributed by atoms with Gasteiger partial charge in [0.15, 0.2) is 0 Å². The summed E-state index contributed by atoms with van der Waals surface area (Å²) in [5.41, 5.74) is 2.71. The monoisotopic (exact) mass is 281 g/mol. The van der Waals surface area contributed by atoms with Crippen molar-refractivity contribution in [2.45, 2.75) is 19.3 Å². The number of hydrogen-bond acceptors (Lipinski definition) is 2. The summed E-state index contributed by atoms with van der Waals surface area (Å²) >= 11 is 0. The van der Waals surface area contributed by atoms with Gasteiger partial charge in [-0.1, -0.05) is 42.0 Å². The molecular weight excluding hydrogens is 258 g/mol. The highest BCUT2D eigenvalue weighted by molar-refractivity contribution is 5.52. The van der Waals surface area contributed by atoms with Gasteiger partial charge < -0.3 is 4.57 Å². The maximum Gasteiger partial charge on any atom is 0.112 e. The van der Waals surface area contributed by atoms with Gasteiger partial charge in [-0.25, -0.2) is 4.98 Å². The molecule has 2 aromatic rings. The first kappa shape index (κ1) is 14.1. The van der Waals surface area contributed by atoms with E-state index in [0.717, 1.165) is 19.6 Å². The quantitative estimate of drug-likeness (QED) is 0.857. The Morgan fingerprint density at radius 3 is 2.86 bits per heavy atom. The van der Waals surface area contributed by atoms with Crippen LogP contribution in [0.3, 0.4) is 0 Å². The summed E-state index contributed by atoms with van der Waals surface area (Å²) < 4.78 is 2.15. The fourth-order valence-electron chi connectivity index (χ4n) is 3.19. The highest BCUT2D eigenvalue weighted by atomic mass is 15.2. The molecule has 3 nitrogen and oxygen atoms in total. The van der Waals surface area contributed by atoms with E-state index in [4.69, 9.17) is 0 Å². The molecule has 0 spiro atoms. The maximum atomic E-state index is 4.50. The van der Waals surface area contributed by atoms with E-state index in [-0.39, 0.29) is 0 Å². The average Bonchev–Trinajstić information content (AvgIpc) is 3.08. The Balaban J connectivity index is 1.60. The van der Waals surface area contributed by atoms with Crippen molar-refractivity contribution in [2.75, 3.05) is 19.6 Å². The van der Waals surface area contributed by atoms with Crippen LogP contribution < -0.4 is 0 Å². The van der Waals surface area contributed by atoms with E-state index in [0.29, 0.717) is 5.92 Å². The van der Waals surface area contributed by atoms with Crippen LogP contribution in [0.1, 0.15) is 30.7 Å². The van der Waals surface area contributed by atoms with Gasteiger partial charge in [-0.15, -0.1) is 0 Å². The van der Waals surface area contributed by atoms with E-state index in [1.165, 1.54) is 23.4 Å². The molecule has 0 saturated carbocycles. The highest BCUT2D eigenvalue weighted by Crippen LogP contribution is 2.26. The van der Waals surface area contributed by atoms with Crippen molar-refractivity contribution in [1.29, 1.82) is 0 Å². The lowest BCUT2D eigenvalue weighted by molar-refractivity contribution is 0.362. The Bertz CT molecular complexity index is 612. The fraction of sp³-hybridized carbons (Fsp3) is 0.389. The van der Waals surface area contributed by atoms with Gasteiger partial charge in [0.05, 0.1) is 0 Å². The topological polar surface area (TPSA) is 21.1 Å². The van der Waals surface area contributed by atoms with Gasteiger partial charge in [-0.05, 0) is 25.5 Å². The standard InChI is InChI=1S/C18H23N3/c1-15(12-16-6-4-3-5-7-16)13-21-10-8-17(14-21)18-19-9-11-20(18)2/h3-7,9,11-12,17H,8,10,13-14H2,1-2H3/b15-12+. The van der Waals surface area contributed by atoms with Crippen molar-refractivity contribution in [3.63, 3.8) is 0 Å². The van der Waals surface area contributed by atoms with Gasteiger partial charge >= 0.3 is 0 Å². The molecular formula is C18H23N3. The van der Waals surface area contributed by atoms with Crippen LogP contribution in [0.5, 0.6) is 0 Å². The Kier molecular flexibility index (Phi) is 4.20. The normalized spacial score (nSPS) is 20.1. The average molecular weight is 281 g/mol. The van der Waals surface area contributed by atoms with Gasteiger partial charge in [0.2, 0.25) is 0 Å². The van der Waals surface area contributed by atoms with Crippen LogP contribution in [0, 0.1) is 0 Å². The number of rotatable bonds is 4. The maximum absolute atomic E-state index is 4.50. The minimum absolute atomic E-state index is 0.578. The van der Waals surface area contributed by atoms with Crippen LogP contribution >= 0.6 is 0 Å². The third-order valence-electron chi connectivity index (χ3n) is 4.18. The molecule has 0 amide bonds. The number of benzene rings is 1. The Hall–Kier alpha value is -1.87. The van der Waals surface area contributed by atoms with Crippen molar-refractivity contribution in [1.82, 2.24) is 14.5 Å². The molecule has 1 unspecified atom stereocenters. The Morgan fingerprint density at radius 2 is 2.14 bits per heavy atom. The Morgan fingerprint density at radius 1 is 1.33 bits per heavy atom. The van der Waals surface area contributed by atoms with Crippen molar-refractivity contribution in [2.24, 2.45) is 7.05 Å². The number of nitrogens with zero attached hydrogens (tertiary/aromatic N) is 3. The van der Waals surface area contributed by atoms with Crippen molar-refractivity contribution in [3.8, 4) is 0 Å². The van der Waals surface area contributed by atoms with Crippen LogP contribution in [0.4, 0.5) is 0 Å². The summed E-state index contributed by atoms with van der Waals surface area (Å²) in [6.07, 6.45) is 7.44. The van der Waals surface area contributed by atoms with Crippen LogP contribution in [0.15, 0.2) is 48.3 Å². The van der Waals surface area contributed by atoms with Gasteiger partial charge in [0.1, 0.15) is 5.82 Å². The lowest BCUT2D eigenvalue weighted by Crippen LogP contribution is -2.22. The molecule has 3 heteroatoms. The molecule has 0 aliphatic carbocycles. The highest BCUT2D eigenvalue weighted by Gasteiger charge is 2.26. The molecule has 1 fully saturated rings. The molecule has 0 bridgehead atoms. The predicted molar refractivity (Wildman–Crippen MR) is 87.1 cm³/mol. The molecule has 21 heavy (non-hydrogen) atoms. The van der Waals surface area contributed by atoms with Crippen LogP contribution in [-0.4, -0.2) is 34.1 Å². The zero-order valence-corrected chi connectivity index (χ0v) is 12.9. The summed E-state index contributed by atoms with van der Waals surface area (Å²) in [7, 11) is 2.09. The molecule has 1 atom stereocenters. The fourth-order valence-corrected chi connectivity index (χ4v) is 3.19. The molecule has 110 valence electrons. The van der Waals surface area contributed by atoms with E-state index < -0.39 is 0 Å². The zero-order valence-electron chi connectivity index (χ0n) is 12.9. The first-order chi connectivity index (χ1) is 10.2. The summed E-state index contributed by atoms with van der Waals surface area (Å²) in [6, 6.07) is 10.6. The minimum Gasteiger partial charge on any atom is -0.338 e. The Labute approximate surface area is 126 Å². The summed E-state index contributed by atoms with van der Waals surface area (Å²) in [6.45, 7) is 5.55. The number of aromatic nitrogens is 2. The second-order valence-electron chi connectivity index (χ2n) is 6.02. The first-order valence-corrected chi connectivity index (χ1v) is 7.64. The first-order valence-electron chi connectivity index (χ1n) is 7.64. The smallest absolute Gasteiger partial charge is 0.112 e. The molecule has 0 radical (unpaired) electrons. The van der Waals surface area contributed by atoms with Crippen LogP contribution in [0.25, 0.3) is 6.08 Å². The summed E-state index contributed by atoms with van der Waals surface area (Å²) in [5.74, 6) is 1.80. The minimum atomic E-state index is 0.578. The van der Waals surface area contributed by atoms with Crippen molar-refractivity contribution in [3.05, 3.63) is 59.7 Å². The summed E-state index contributed by atoms with van der Waals surface area (Å²) in [5, 5.41) is 0. The van der Waals surface area contributed by atoms with E-state index in [1.807, 2.05) is 12.4 Å². The van der Waals surface area contributed by atoms with E-state index in [9.17, 15) is 0 Å². The van der Waals surface area contributed by atoms with Crippen LogP contribution in [0.2, 0.25) is 0 Å². The van der Waals surface area contributed by atoms with Gasteiger partial charge in [-0.3, -0.25) is 4.90 Å². The zero-order chi connectivity index (χ0) is 14.7. The molecule has 1 aromatic carbocycles. The molecule has 1 aliphatic heterocycles. The number of hydrogen-bond donors (Lipinski definition) is 0. The van der Waals surface area contributed by atoms with Crippen molar-refractivity contribution < 1.29 is 0 Å². The lowest BCUT2D eigenvalue weighted by atomic mass is 10.1. The van der Waals surface area contributed by atoms with Gasteiger partial charge in [0.25, 0.3) is 0 Å². The third kappa shape index (κ3) is 3.42. The second-order valence-corrected chi connectivity index (χ2v) is 6.02. The molecule has 2 heterocycles. The van der Waals surface area contributed by atoms with E-state index in [2.05, 4.69) is 64.8 Å². The lowest BCUT2D eigenvalue weighted by Gasteiger charge is -2.16. The molecule has 0 N–H and O–H groups in total. The number of likely N-dealkylation sites (tertiary alicyclic amines) is 1. The van der Waals surface area contributed by atoms with Gasteiger partial charge in [-0.2, -0.15) is 0 Å². The second kappa shape index (κ2) is 6.27. The van der Waals surface area contributed by atoms with E-state index >= 15 is 0 Å². The largest absolute Gasteiger partial charge is 0.338 e. The molecule has 1 saturated heterocycles. The number of imidazole rings is 1. The SMILES string of the molecule is C/C(=C\c1ccccc1)CN1CCC(c2nccn2C)C1. The molecule has 3 rings (SSSR count). The molecule has 1 aliphatic rings. The van der Waals surface area contributed by atoms with Gasteiger partial charge in [0, 0.05) is 38.4 Å². The summed E-state index contributed by atoms with van der Waals surface area (Å²) in [4.78, 5) is 7.04. The van der Waals surface area contributed by atoms with E-state index in [1.54, 1.807) is 0 Å². The predicted octanol–water partition coefficient (Wildman–Crippen LogP) is 3.31. The third-order valence-corrected chi connectivity index (χ3v) is 4.18. The number of aryl methyl sites for hydroxylation is 1. The van der Waals surface area contributed by atoms with Crippen molar-refractivity contribution >= 4 is 6.08 Å².